The number of piperidine rings is 1. The molecule has 1 amide bonds. The largest absolute Gasteiger partial charge is 0.443 e. The lowest BCUT2D eigenvalue weighted by Crippen LogP contribution is -2.29. The Morgan fingerprint density at radius 2 is 1.74 bits per heavy atom. The second-order valence-corrected chi connectivity index (χ2v) is 13.1. The number of hydrogen-bond acceptors (Lipinski definition) is 4. The number of fused-ring (bicyclic) bond motifs is 2. The average Bonchev–Trinajstić information content (AvgIpc) is 3.42. The Morgan fingerprint density at radius 1 is 1.00 bits per heavy atom. The molecule has 39 heavy (non-hydrogen) atoms. The van der Waals surface area contributed by atoms with E-state index in [0.29, 0.717) is 17.8 Å². The molecule has 0 atom stereocenters. The summed E-state index contributed by atoms with van der Waals surface area (Å²) in [5, 5.41) is 3.94. The first kappa shape index (κ1) is 27.2. The summed E-state index contributed by atoms with van der Waals surface area (Å²) in [7, 11) is 0. The molecule has 0 bridgehead atoms. The number of amides is 1. The lowest BCUT2D eigenvalue weighted by molar-refractivity contribution is 0.0547. The van der Waals surface area contributed by atoms with Gasteiger partial charge in [0.2, 0.25) is 0 Å². The summed E-state index contributed by atoms with van der Waals surface area (Å²) in [4.78, 5) is 29.2. The molecule has 1 fully saturated rings. The SMILES string of the molecule is CC(C)(C)C=Cc1cc2c(c(-c3cc4cc(CN5CCCCC5)ccc4n3C(=O)OC(C)(C)C)c1)C(=O)NC2. The van der Waals surface area contributed by atoms with Crippen LogP contribution in [-0.2, 0) is 17.8 Å². The number of nitrogens with one attached hydrogen (secondary N) is 1. The van der Waals surface area contributed by atoms with Crippen LogP contribution in [0.4, 0.5) is 4.79 Å². The highest BCUT2D eigenvalue weighted by molar-refractivity contribution is 6.07. The van der Waals surface area contributed by atoms with Gasteiger partial charge in [0.1, 0.15) is 5.60 Å². The first-order chi connectivity index (χ1) is 18.4. The van der Waals surface area contributed by atoms with Crippen molar-refractivity contribution in [2.75, 3.05) is 13.1 Å². The molecule has 0 unspecified atom stereocenters. The molecular weight excluding hydrogens is 486 g/mol. The fourth-order valence-electron chi connectivity index (χ4n) is 5.48. The summed E-state index contributed by atoms with van der Waals surface area (Å²) in [6.07, 6.45) is 7.62. The number of carbonyl (C=O) groups is 2. The number of allylic oxidation sites excluding steroid dienone is 1. The van der Waals surface area contributed by atoms with Gasteiger partial charge in [0.25, 0.3) is 5.91 Å². The van der Waals surface area contributed by atoms with Gasteiger partial charge < -0.3 is 10.1 Å². The van der Waals surface area contributed by atoms with Crippen molar-refractivity contribution in [3.05, 3.63) is 64.7 Å². The van der Waals surface area contributed by atoms with Crippen molar-refractivity contribution in [2.24, 2.45) is 5.41 Å². The Labute approximate surface area is 232 Å². The van der Waals surface area contributed by atoms with Crippen molar-refractivity contribution in [1.82, 2.24) is 14.8 Å². The molecule has 2 aliphatic rings. The average molecular weight is 528 g/mol. The minimum Gasteiger partial charge on any atom is -0.443 e. The van der Waals surface area contributed by atoms with Gasteiger partial charge in [-0.05, 0) is 99.1 Å². The molecule has 6 heteroatoms. The van der Waals surface area contributed by atoms with Crippen LogP contribution in [-0.4, -0.2) is 40.2 Å². The number of benzene rings is 2. The number of nitrogens with zero attached hydrogens (tertiary/aromatic N) is 2. The van der Waals surface area contributed by atoms with Gasteiger partial charge in [0, 0.05) is 24.0 Å². The Kier molecular flexibility index (Phi) is 7.19. The molecule has 0 radical (unpaired) electrons. The molecule has 3 heterocycles. The number of aromatic nitrogens is 1. The molecular formula is C33H41N3O3. The standard InChI is InChI=1S/C33H41N3O3/c1-32(2,3)13-12-22-16-25-20-34-30(37)29(25)26(18-22)28-19-24-17-23(21-35-14-8-7-9-15-35)10-11-27(24)36(28)31(38)39-33(4,5)6/h10-13,16-19H,7-9,14-15,20-21H2,1-6H3,(H,34,37). The van der Waals surface area contributed by atoms with E-state index in [1.807, 2.05) is 39.0 Å². The van der Waals surface area contributed by atoms with Crippen LogP contribution in [0.5, 0.6) is 0 Å². The van der Waals surface area contributed by atoms with Crippen LogP contribution in [0.25, 0.3) is 28.2 Å². The van der Waals surface area contributed by atoms with Gasteiger partial charge in [-0.2, -0.15) is 0 Å². The van der Waals surface area contributed by atoms with E-state index in [2.05, 4.69) is 61.3 Å². The number of likely N-dealkylation sites (tertiary alicyclic amines) is 1. The maximum Gasteiger partial charge on any atom is 0.419 e. The van der Waals surface area contributed by atoms with E-state index in [0.717, 1.165) is 47.2 Å². The van der Waals surface area contributed by atoms with Crippen LogP contribution in [0.2, 0.25) is 0 Å². The molecule has 0 aliphatic carbocycles. The zero-order valence-corrected chi connectivity index (χ0v) is 24.2. The summed E-state index contributed by atoms with van der Waals surface area (Å²) in [6.45, 7) is 15.7. The van der Waals surface area contributed by atoms with Crippen molar-refractivity contribution in [1.29, 1.82) is 0 Å². The summed E-state index contributed by atoms with van der Waals surface area (Å²) >= 11 is 0. The fraction of sp³-hybridized carbons (Fsp3) is 0.455. The zero-order valence-electron chi connectivity index (χ0n) is 24.2. The first-order valence-corrected chi connectivity index (χ1v) is 14.1. The maximum atomic E-state index is 13.7. The lowest BCUT2D eigenvalue weighted by Gasteiger charge is -2.26. The highest BCUT2D eigenvalue weighted by Crippen LogP contribution is 2.36. The quantitative estimate of drug-likeness (QED) is 0.384. The van der Waals surface area contributed by atoms with Gasteiger partial charge in [0.05, 0.1) is 16.8 Å². The van der Waals surface area contributed by atoms with Crippen molar-refractivity contribution in [3.8, 4) is 11.3 Å². The number of ether oxygens (including phenoxy) is 1. The Hall–Kier alpha value is -3.38. The summed E-state index contributed by atoms with van der Waals surface area (Å²) in [6, 6.07) is 12.4. The molecule has 2 aromatic carbocycles. The molecule has 1 saturated heterocycles. The van der Waals surface area contributed by atoms with E-state index in [1.165, 1.54) is 24.8 Å². The fourth-order valence-corrected chi connectivity index (χ4v) is 5.48. The first-order valence-electron chi connectivity index (χ1n) is 14.1. The monoisotopic (exact) mass is 527 g/mol. The van der Waals surface area contributed by atoms with Crippen LogP contribution in [0, 0.1) is 5.41 Å². The predicted octanol–water partition coefficient (Wildman–Crippen LogP) is 7.38. The maximum absolute atomic E-state index is 13.7. The third-order valence-electron chi connectivity index (χ3n) is 7.26. The molecule has 6 nitrogen and oxygen atoms in total. The molecule has 0 spiro atoms. The highest BCUT2D eigenvalue weighted by Gasteiger charge is 2.29. The smallest absolute Gasteiger partial charge is 0.419 e. The molecule has 1 aromatic heterocycles. The second kappa shape index (κ2) is 10.3. The lowest BCUT2D eigenvalue weighted by atomic mass is 9.93. The van der Waals surface area contributed by atoms with Gasteiger partial charge in [-0.15, -0.1) is 0 Å². The number of carbonyl (C=O) groups excluding carboxylic acids is 2. The third-order valence-corrected chi connectivity index (χ3v) is 7.26. The number of rotatable bonds is 4. The van der Waals surface area contributed by atoms with E-state index in [9.17, 15) is 9.59 Å². The van der Waals surface area contributed by atoms with Crippen LogP contribution in [0.15, 0.2) is 42.5 Å². The Morgan fingerprint density at radius 3 is 2.44 bits per heavy atom. The van der Waals surface area contributed by atoms with Gasteiger partial charge in [0.15, 0.2) is 0 Å². The summed E-state index contributed by atoms with van der Waals surface area (Å²) < 4.78 is 7.52. The normalized spacial score (nSPS) is 16.6. The molecule has 2 aliphatic heterocycles. The van der Waals surface area contributed by atoms with Gasteiger partial charge in [-0.25, -0.2) is 9.36 Å². The minimum atomic E-state index is -0.657. The summed E-state index contributed by atoms with van der Waals surface area (Å²) in [5.41, 5.74) is 5.36. The Bertz CT molecular complexity index is 1440. The molecule has 5 rings (SSSR count). The predicted molar refractivity (Wildman–Crippen MR) is 158 cm³/mol. The second-order valence-electron chi connectivity index (χ2n) is 13.1. The van der Waals surface area contributed by atoms with Crippen molar-refractivity contribution >= 4 is 29.0 Å². The van der Waals surface area contributed by atoms with Gasteiger partial charge >= 0.3 is 6.09 Å². The van der Waals surface area contributed by atoms with E-state index in [4.69, 9.17) is 4.74 Å². The minimum absolute atomic E-state index is 0.0173. The molecule has 206 valence electrons. The molecule has 3 aromatic rings. The van der Waals surface area contributed by atoms with Crippen LogP contribution >= 0.6 is 0 Å². The van der Waals surface area contributed by atoms with Crippen LogP contribution < -0.4 is 5.32 Å². The van der Waals surface area contributed by atoms with Crippen molar-refractivity contribution < 1.29 is 14.3 Å². The third kappa shape index (κ3) is 6.11. The van der Waals surface area contributed by atoms with Crippen molar-refractivity contribution in [2.45, 2.75) is 79.5 Å². The van der Waals surface area contributed by atoms with E-state index >= 15 is 0 Å². The topological polar surface area (TPSA) is 63.6 Å². The molecule has 0 saturated carbocycles. The summed E-state index contributed by atoms with van der Waals surface area (Å²) in [5.74, 6) is -0.113. The van der Waals surface area contributed by atoms with Gasteiger partial charge in [-0.3, -0.25) is 9.69 Å². The Balaban J connectivity index is 1.67. The van der Waals surface area contributed by atoms with Crippen LogP contribution in [0.1, 0.15) is 87.9 Å². The van der Waals surface area contributed by atoms with Crippen LogP contribution in [0.3, 0.4) is 0 Å². The zero-order chi connectivity index (χ0) is 27.9. The number of hydrogen-bond donors (Lipinski definition) is 1. The van der Waals surface area contributed by atoms with Crippen molar-refractivity contribution in [3.63, 3.8) is 0 Å². The van der Waals surface area contributed by atoms with E-state index in [1.54, 1.807) is 4.57 Å². The van der Waals surface area contributed by atoms with E-state index < -0.39 is 11.7 Å². The van der Waals surface area contributed by atoms with E-state index in [-0.39, 0.29) is 11.3 Å². The highest BCUT2D eigenvalue weighted by atomic mass is 16.6. The molecule has 1 N–H and O–H groups in total. The van der Waals surface area contributed by atoms with Gasteiger partial charge in [-0.1, -0.05) is 45.4 Å².